The summed E-state index contributed by atoms with van der Waals surface area (Å²) in [5.74, 6) is -1.94. The topological polar surface area (TPSA) is 74.7 Å². The zero-order chi connectivity index (χ0) is 13.9. The fourth-order valence-corrected chi connectivity index (χ4v) is 2.91. The standard InChI is InChI=1S/C11H14FNO4S/c1-8-4-3-5-9(12)11(8)18(16,17)13(2)7-6-10(14)15/h3-5H,6-7H2,1-2H3,(H,14,15). The van der Waals surface area contributed by atoms with Crippen molar-refractivity contribution in [3.8, 4) is 0 Å². The van der Waals surface area contributed by atoms with Crippen molar-refractivity contribution >= 4 is 16.0 Å². The molecule has 0 saturated carbocycles. The van der Waals surface area contributed by atoms with Crippen molar-refractivity contribution in [2.75, 3.05) is 13.6 Å². The van der Waals surface area contributed by atoms with Gasteiger partial charge in [-0.05, 0) is 18.6 Å². The quantitative estimate of drug-likeness (QED) is 0.877. The predicted molar refractivity (Wildman–Crippen MR) is 63.2 cm³/mol. The van der Waals surface area contributed by atoms with E-state index in [0.717, 1.165) is 10.4 Å². The van der Waals surface area contributed by atoms with Crippen molar-refractivity contribution in [3.05, 3.63) is 29.6 Å². The molecule has 1 aromatic rings. The number of benzene rings is 1. The largest absolute Gasteiger partial charge is 0.481 e. The van der Waals surface area contributed by atoms with Crippen LogP contribution in [0.15, 0.2) is 23.1 Å². The highest BCUT2D eigenvalue weighted by Crippen LogP contribution is 2.22. The lowest BCUT2D eigenvalue weighted by atomic mass is 10.2. The Hall–Kier alpha value is -1.47. The summed E-state index contributed by atoms with van der Waals surface area (Å²) < 4.78 is 38.6. The summed E-state index contributed by atoms with van der Waals surface area (Å²) in [6.07, 6.45) is -0.330. The van der Waals surface area contributed by atoms with E-state index < -0.39 is 26.7 Å². The highest BCUT2D eigenvalue weighted by Gasteiger charge is 2.26. The van der Waals surface area contributed by atoms with Gasteiger partial charge in [0.25, 0.3) is 0 Å². The molecule has 0 heterocycles. The van der Waals surface area contributed by atoms with Gasteiger partial charge in [-0.3, -0.25) is 4.79 Å². The number of aryl methyl sites for hydroxylation is 1. The van der Waals surface area contributed by atoms with Gasteiger partial charge in [0, 0.05) is 13.6 Å². The van der Waals surface area contributed by atoms with Crippen LogP contribution in [0.3, 0.4) is 0 Å². The SMILES string of the molecule is Cc1cccc(F)c1S(=O)(=O)N(C)CCC(=O)O. The number of rotatable bonds is 5. The summed E-state index contributed by atoms with van der Waals surface area (Å²) in [5.41, 5.74) is 0.289. The molecule has 0 aliphatic carbocycles. The summed E-state index contributed by atoms with van der Waals surface area (Å²) in [7, 11) is -2.77. The Morgan fingerprint density at radius 2 is 2.06 bits per heavy atom. The Balaban J connectivity index is 3.10. The molecule has 0 atom stereocenters. The Morgan fingerprint density at radius 1 is 1.44 bits per heavy atom. The maximum absolute atomic E-state index is 13.6. The molecule has 0 aromatic heterocycles. The molecule has 100 valence electrons. The van der Waals surface area contributed by atoms with E-state index in [4.69, 9.17) is 5.11 Å². The lowest BCUT2D eigenvalue weighted by Crippen LogP contribution is -2.30. The second-order valence-electron chi connectivity index (χ2n) is 3.86. The first-order chi connectivity index (χ1) is 8.26. The summed E-state index contributed by atoms with van der Waals surface area (Å²) in [5, 5.41) is 8.51. The number of halogens is 1. The van der Waals surface area contributed by atoms with E-state index in [0.29, 0.717) is 0 Å². The minimum Gasteiger partial charge on any atom is -0.481 e. The first kappa shape index (κ1) is 14.6. The number of carboxylic acids is 1. The zero-order valence-corrected chi connectivity index (χ0v) is 10.9. The third-order valence-corrected chi connectivity index (χ3v) is 4.51. The average Bonchev–Trinajstić information content (AvgIpc) is 2.25. The summed E-state index contributed by atoms with van der Waals surface area (Å²) in [6, 6.07) is 3.97. The number of nitrogens with zero attached hydrogens (tertiary/aromatic N) is 1. The summed E-state index contributed by atoms with van der Waals surface area (Å²) >= 11 is 0. The lowest BCUT2D eigenvalue weighted by Gasteiger charge is -2.18. The number of carbonyl (C=O) groups is 1. The second kappa shape index (κ2) is 5.45. The van der Waals surface area contributed by atoms with E-state index in [1.54, 1.807) is 0 Å². The average molecular weight is 275 g/mol. The number of sulfonamides is 1. The Morgan fingerprint density at radius 3 is 2.56 bits per heavy atom. The molecule has 0 saturated heterocycles. The van der Waals surface area contributed by atoms with Crippen molar-refractivity contribution < 1.29 is 22.7 Å². The van der Waals surface area contributed by atoms with Gasteiger partial charge >= 0.3 is 5.97 Å². The fraction of sp³-hybridized carbons (Fsp3) is 0.364. The van der Waals surface area contributed by atoms with Crippen molar-refractivity contribution in [2.24, 2.45) is 0 Å². The highest BCUT2D eigenvalue weighted by atomic mass is 32.2. The summed E-state index contributed by atoms with van der Waals surface area (Å²) in [6.45, 7) is 1.28. The molecule has 0 unspecified atom stereocenters. The van der Waals surface area contributed by atoms with Crippen LogP contribution < -0.4 is 0 Å². The van der Waals surface area contributed by atoms with Crippen molar-refractivity contribution in [1.82, 2.24) is 4.31 Å². The minimum absolute atomic E-state index is 0.203. The van der Waals surface area contributed by atoms with E-state index in [2.05, 4.69) is 0 Å². The van der Waals surface area contributed by atoms with Gasteiger partial charge < -0.3 is 5.11 Å². The molecule has 0 fully saturated rings. The van der Waals surface area contributed by atoms with E-state index in [1.807, 2.05) is 0 Å². The molecule has 1 rings (SSSR count). The number of hydrogen-bond donors (Lipinski definition) is 1. The van der Waals surface area contributed by atoms with Crippen LogP contribution in [-0.4, -0.2) is 37.4 Å². The van der Waals surface area contributed by atoms with Crippen LogP contribution in [0.4, 0.5) is 4.39 Å². The van der Waals surface area contributed by atoms with Crippen LogP contribution in [0.25, 0.3) is 0 Å². The smallest absolute Gasteiger partial charge is 0.304 e. The molecule has 7 heteroatoms. The van der Waals surface area contributed by atoms with Gasteiger partial charge in [0.15, 0.2) is 0 Å². The van der Waals surface area contributed by atoms with Gasteiger partial charge in [0.05, 0.1) is 6.42 Å². The molecule has 0 spiro atoms. The third kappa shape index (κ3) is 3.05. The molecule has 1 N–H and O–H groups in total. The van der Waals surface area contributed by atoms with E-state index in [1.165, 1.54) is 26.1 Å². The minimum atomic E-state index is -4.00. The van der Waals surface area contributed by atoms with E-state index in [9.17, 15) is 17.6 Å². The lowest BCUT2D eigenvalue weighted by molar-refractivity contribution is -0.137. The van der Waals surface area contributed by atoms with E-state index >= 15 is 0 Å². The van der Waals surface area contributed by atoms with Crippen LogP contribution in [0, 0.1) is 12.7 Å². The van der Waals surface area contributed by atoms with Gasteiger partial charge in [-0.25, -0.2) is 17.1 Å². The van der Waals surface area contributed by atoms with Crippen molar-refractivity contribution in [1.29, 1.82) is 0 Å². The maximum atomic E-state index is 13.6. The van der Waals surface area contributed by atoms with Crippen LogP contribution in [-0.2, 0) is 14.8 Å². The normalized spacial score (nSPS) is 11.8. The monoisotopic (exact) mass is 275 g/mol. The van der Waals surface area contributed by atoms with Crippen LogP contribution >= 0.6 is 0 Å². The molecule has 18 heavy (non-hydrogen) atoms. The molecule has 5 nitrogen and oxygen atoms in total. The summed E-state index contributed by atoms with van der Waals surface area (Å²) in [4.78, 5) is 10.0. The van der Waals surface area contributed by atoms with Crippen LogP contribution in [0.5, 0.6) is 0 Å². The van der Waals surface area contributed by atoms with Crippen LogP contribution in [0.1, 0.15) is 12.0 Å². The second-order valence-corrected chi connectivity index (χ2v) is 5.84. The zero-order valence-electron chi connectivity index (χ0n) is 10.1. The number of hydrogen-bond acceptors (Lipinski definition) is 3. The third-order valence-electron chi connectivity index (χ3n) is 2.47. The first-order valence-corrected chi connectivity index (χ1v) is 6.64. The van der Waals surface area contributed by atoms with Crippen molar-refractivity contribution in [3.63, 3.8) is 0 Å². The van der Waals surface area contributed by atoms with Gasteiger partial charge in [0.2, 0.25) is 10.0 Å². The molecular weight excluding hydrogens is 261 g/mol. The van der Waals surface area contributed by atoms with Gasteiger partial charge in [-0.2, -0.15) is 0 Å². The highest BCUT2D eigenvalue weighted by molar-refractivity contribution is 7.89. The Kier molecular flexibility index (Phi) is 4.42. The number of aliphatic carboxylic acids is 1. The Labute approximate surface area is 105 Å². The first-order valence-electron chi connectivity index (χ1n) is 5.20. The van der Waals surface area contributed by atoms with Crippen LogP contribution in [0.2, 0.25) is 0 Å². The molecule has 1 aromatic carbocycles. The van der Waals surface area contributed by atoms with Gasteiger partial charge in [0.1, 0.15) is 10.7 Å². The molecular formula is C11H14FNO4S. The number of carboxylic acid groups (broad SMARTS) is 1. The van der Waals surface area contributed by atoms with E-state index in [-0.39, 0.29) is 18.5 Å². The van der Waals surface area contributed by atoms with Crippen molar-refractivity contribution in [2.45, 2.75) is 18.2 Å². The van der Waals surface area contributed by atoms with Gasteiger partial charge in [-0.15, -0.1) is 0 Å². The molecule has 0 aliphatic heterocycles. The maximum Gasteiger partial charge on any atom is 0.304 e. The fourth-order valence-electron chi connectivity index (χ4n) is 1.47. The Bertz CT molecular complexity index is 536. The molecule has 0 aliphatic rings. The molecule has 0 radical (unpaired) electrons. The molecule has 0 bridgehead atoms. The predicted octanol–water partition coefficient (Wildman–Crippen LogP) is 1.23. The molecule has 0 amide bonds. The van der Waals surface area contributed by atoms with Gasteiger partial charge in [-0.1, -0.05) is 12.1 Å².